The van der Waals surface area contributed by atoms with Crippen LogP contribution in [0.5, 0.6) is 0 Å². The van der Waals surface area contributed by atoms with Gasteiger partial charge in [-0.25, -0.2) is 8.42 Å². The average Bonchev–Trinajstić information content (AvgIpc) is 2.52. The van der Waals surface area contributed by atoms with Gasteiger partial charge in [-0.2, -0.15) is 17.9 Å². The van der Waals surface area contributed by atoms with Crippen LogP contribution in [0.25, 0.3) is 4.91 Å². The zero-order valence-corrected chi connectivity index (χ0v) is 13.4. The lowest BCUT2D eigenvalue weighted by Gasteiger charge is -2.21. The van der Waals surface area contributed by atoms with E-state index in [1.807, 2.05) is 0 Å². The summed E-state index contributed by atoms with van der Waals surface area (Å²) in [6.07, 6.45) is -4.60. The molecule has 0 bridgehead atoms. The highest BCUT2D eigenvalue weighted by molar-refractivity contribution is 7.99. The molecule has 1 aromatic rings. The van der Waals surface area contributed by atoms with Crippen LogP contribution in [0, 0.1) is 0 Å². The van der Waals surface area contributed by atoms with Crippen molar-refractivity contribution < 1.29 is 26.4 Å². The standard InChI is InChI=1S/C14H15F3N2O3S/c1-8(20)18-12-11(23(21,22)19-13(12,2)3)9-5-4-6-10(7-9)14(15,16)17/h4-7,19H,1-3H3,(H,18,20). The fraction of sp³-hybridized carbons (Fsp3) is 0.357. The molecule has 1 aromatic carbocycles. The molecule has 0 aliphatic carbocycles. The number of sulfonamides is 1. The maximum Gasteiger partial charge on any atom is 0.416 e. The molecule has 126 valence electrons. The highest BCUT2D eigenvalue weighted by atomic mass is 32.2. The van der Waals surface area contributed by atoms with Crippen LogP contribution in [0.15, 0.2) is 30.0 Å². The Bertz CT molecular complexity index is 796. The molecule has 1 aliphatic rings. The minimum Gasteiger partial charge on any atom is -0.327 e. The van der Waals surface area contributed by atoms with Crippen LogP contribution in [0.1, 0.15) is 31.9 Å². The first-order valence-electron chi connectivity index (χ1n) is 6.58. The van der Waals surface area contributed by atoms with Gasteiger partial charge in [-0.15, -0.1) is 0 Å². The van der Waals surface area contributed by atoms with Crippen molar-refractivity contribution in [3.63, 3.8) is 0 Å². The molecule has 0 fully saturated rings. The van der Waals surface area contributed by atoms with Crippen LogP contribution in [0.3, 0.4) is 0 Å². The Labute approximate surface area is 131 Å². The van der Waals surface area contributed by atoms with Crippen molar-refractivity contribution in [1.82, 2.24) is 10.0 Å². The molecule has 0 radical (unpaired) electrons. The molecule has 2 N–H and O–H groups in total. The third-order valence-electron chi connectivity index (χ3n) is 3.26. The topological polar surface area (TPSA) is 75.3 Å². The Hall–Kier alpha value is -1.87. The highest BCUT2D eigenvalue weighted by Gasteiger charge is 2.44. The van der Waals surface area contributed by atoms with Gasteiger partial charge in [0.25, 0.3) is 0 Å². The van der Waals surface area contributed by atoms with E-state index in [4.69, 9.17) is 0 Å². The number of nitrogens with one attached hydrogen (secondary N) is 2. The molecule has 1 amide bonds. The van der Waals surface area contributed by atoms with Crippen LogP contribution >= 0.6 is 0 Å². The number of amides is 1. The predicted octanol–water partition coefficient (Wildman–Crippen LogP) is 2.22. The van der Waals surface area contributed by atoms with E-state index in [9.17, 15) is 26.4 Å². The summed E-state index contributed by atoms with van der Waals surface area (Å²) in [5.41, 5.74) is -2.23. The van der Waals surface area contributed by atoms with Crippen LogP contribution in [0.4, 0.5) is 13.2 Å². The van der Waals surface area contributed by atoms with Gasteiger partial charge in [0.1, 0.15) is 4.91 Å². The molecule has 9 heteroatoms. The van der Waals surface area contributed by atoms with Gasteiger partial charge in [0.15, 0.2) is 0 Å². The first-order chi connectivity index (χ1) is 10.3. The van der Waals surface area contributed by atoms with Gasteiger partial charge >= 0.3 is 6.18 Å². The maximum absolute atomic E-state index is 12.9. The van der Waals surface area contributed by atoms with Gasteiger partial charge in [-0.1, -0.05) is 12.1 Å². The lowest BCUT2D eigenvalue weighted by Crippen LogP contribution is -2.42. The lowest BCUT2D eigenvalue weighted by atomic mass is 9.98. The van der Waals surface area contributed by atoms with Gasteiger partial charge in [0.05, 0.1) is 16.8 Å². The molecule has 0 spiro atoms. The number of benzene rings is 1. The van der Waals surface area contributed by atoms with Gasteiger partial charge in [-0.3, -0.25) is 4.79 Å². The van der Waals surface area contributed by atoms with Crippen LogP contribution in [0.2, 0.25) is 0 Å². The zero-order chi connectivity index (χ0) is 17.6. The molecule has 1 heterocycles. The monoisotopic (exact) mass is 348 g/mol. The molecular weight excluding hydrogens is 333 g/mol. The Morgan fingerprint density at radius 3 is 2.39 bits per heavy atom. The number of rotatable bonds is 2. The van der Waals surface area contributed by atoms with E-state index in [0.29, 0.717) is 0 Å². The fourth-order valence-corrected chi connectivity index (χ4v) is 4.27. The first kappa shape index (κ1) is 17.5. The fourth-order valence-electron chi connectivity index (χ4n) is 2.38. The summed E-state index contributed by atoms with van der Waals surface area (Å²) in [7, 11) is -4.06. The van der Waals surface area contributed by atoms with Crippen LogP contribution < -0.4 is 10.0 Å². The van der Waals surface area contributed by atoms with E-state index in [1.54, 1.807) is 0 Å². The summed E-state index contributed by atoms with van der Waals surface area (Å²) in [4.78, 5) is 11.0. The molecule has 0 saturated carbocycles. The molecule has 0 saturated heterocycles. The van der Waals surface area contributed by atoms with Crippen molar-refractivity contribution in [2.45, 2.75) is 32.5 Å². The molecule has 2 rings (SSSR count). The van der Waals surface area contributed by atoms with Crippen LogP contribution in [-0.4, -0.2) is 19.9 Å². The third-order valence-corrected chi connectivity index (χ3v) is 5.02. The van der Waals surface area contributed by atoms with Crippen molar-refractivity contribution in [1.29, 1.82) is 0 Å². The number of halogens is 3. The van der Waals surface area contributed by atoms with Crippen molar-refractivity contribution in [3.05, 3.63) is 41.1 Å². The molecule has 0 unspecified atom stereocenters. The smallest absolute Gasteiger partial charge is 0.327 e. The second-order valence-corrected chi connectivity index (χ2v) is 7.31. The van der Waals surface area contributed by atoms with Gasteiger partial charge in [0.2, 0.25) is 15.9 Å². The third kappa shape index (κ3) is 3.40. The molecular formula is C14H15F3N2O3S. The average molecular weight is 348 g/mol. The normalized spacial score (nSPS) is 19.7. The summed E-state index contributed by atoms with van der Waals surface area (Å²) >= 11 is 0. The summed E-state index contributed by atoms with van der Waals surface area (Å²) in [5, 5.41) is 2.41. The quantitative estimate of drug-likeness (QED) is 0.861. The lowest BCUT2D eigenvalue weighted by molar-refractivity contribution is -0.137. The zero-order valence-electron chi connectivity index (χ0n) is 12.6. The van der Waals surface area contributed by atoms with Crippen molar-refractivity contribution in [2.24, 2.45) is 0 Å². The van der Waals surface area contributed by atoms with E-state index in [-0.39, 0.29) is 16.2 Å². The van der Waals surface area contributed by atoms with Crippen molar-refractivity contribution in [3.8, 4) is 0 Å². The van der Waals surface area contributed by atoms with E-state index >= 15 is 0 Å². The number of alkyl halides is 3. The van der Waals surface area contributed by atoms with E-state index in [2.05, 4.69) is 10.0 Å². The van der Waals surface area contributed by atoms with E-state index in [0.717, 1.165) is 18.2 Å². The largest absolute Gasteiger partial charge is 0.416 e. The minimum absolute atomic E-state index is 0.0179. The number of carbonyl (C=O) groups excluding carboxylic acids is 1. The number of hydrogen-bond acceptors (Lipinski definition) is 3. The van der Waals surface area contributed by atoms with Crippen molar-refractivity contribution in [2.75, 3.05) is 0 Å². The Morgan fingerprint density at radius 2 is 1.87 bits per heavy atom. The maximum atomic E-state index is 12.9. The summed E-state index contributed by atoms with van der Waals surface area (Å²) < 4.78 is 65.6. The van der Waals surface area contributed by atoms with Gasteiger partial charge in [0, 0.05) is 6.92 Å². The second-order valence-electron chi connectivity index (χ2n) is 5.69. The predicted molar refractivity (Wildman–Crippen MR) is 78.3 cm³/mol. The first-order valence-corrected chi connectivity index (χ1v) is 8.07. The van der Waals surface area contributed by atoms with E-state index in [1.165, 1.54) is 26.8 Å². The highest BCUT2D eigenvalue weighted by Crippen LogP contribution is 2.38. The number of carbonyl (C=O) groups is 1. The molecule has 0 aromatic heterocycles. The number of hydrogen-bond donors (Lipinski definition) is 2. The summed E-state index contributed by atoms with van der Waals surface area (Å²) in [5.74, 6) is -0.517. The Morgan fingerprint density at radius 1 is 1.26 bits per heavy atom. The van der Waals surface area contributed by atoms with Crippen LogP contribution in [-0.2, 0) is 21.0 Å². The Balaban J connectivity index is 2.72. The SMILES string of the molecule is CC(=O)NC1=C(c2cccc(C(F)(F)F)c2)S(=O)(=O)NC1(C)C. The van der Waals surface area contributed by atoms with Gasteiger partial charge < -0.3 is 5.32 Å². The molecule has 1 aliphatic heterocycles. The summed E-state index contributed by atoms with van der Waals surface area (Å²) in [6, 6.07) is 3.98. The van der Waals surface area contributed by atoms with Gasteiger partial charge in [-0.05, 0) is 31.5 Å². The molecule has 0 atom stereocenters. The van der Waals surface area contributed by atoms with E-state index < -0.39 is 33.2 Å². The second kappa shape index (κ2) is 5.34. The molecule has 23 heavy (non-hydrogen) atoms. The van der Waals surface area contributed by atoms with Crippen molar-refractivity contribution >= 4 is 20.8 Å². The minimum atomic E-state index is -4.60. The Kier molecular flexibility index (Phi) is 4.06. The summed E-state index contributed by atoms with van der Waals surface area (Å²) in [6.45, 7) is 4.21. The molecule has 5 nitrogen and oxygen atoms in total.